The Bertz CT molecular complexity index is 1160. The Kier molecular flexibility index (Phi) is 4.21. The van der Waals surface area contributed by atoms with Crippen LogP contribution in [0.1, 0.15) is 17.5 Å². The Hall–Kier alpha value is -3.50. The first-order valence-corrected chi connectivity index (χ1v) is 8.87. The van der Waals surface area contributed by atoms with Crippen LogP contribution in [0, 0.1) is 18.8 Å². The number of fused-ring (bicyclic) bond motifs is 1. The number of nitrogen functional groups attached to an aromatic ring is 1. The van der Waals surface area contributed by atoms with Gasteiger partial charge in [0.05, 0.1) is 11.2 Å². The number of aromatic nitrogens is 3. The van der Waals surface area contributed by atoms with Gasteiger partial charge in [0, 0.05) is 31.1 Å². The van der Waals surface area contributed by atoms with Crippen LogP contribution in [0.4, 0.5) is 5.82 Å². The maximum atomic E-state index is 12.1. The fourth-order valence-electron chi connectivity index (χ4n) is 3.28. The molecule has 1 aliphatic heterocycles. The van der Waals surface area contributed by atoms with E-state index in [1.807, 2.05) is 37.3 Å². The average molecular weight is 373 g/mol. The van der Waals surface area contributed by atoms with Crippen LogP contribution in [0.3, 0.4) is 0 Å². The molecule has 1 aliphatic rings. The maximum Gasteiger partial charge on any atom is 0.267 e. The highest BCUT2D eigenvalue weighted by molar-refractivity contribution is 5.90. The molecular weight excluding hydrogens is 354 g/mol. The van der Waals surface area contributed by atoms with Gasteiger partial charge in [-0.25, -0.2) is 15.0 Å². The normalized spacial score (nSPS) is 19.0. The van der Waals surface area contributed by atoms with Crippen molar-refractivity contribution >= 4 is 22.8 Å². The van der Waals surface area contributed by atoms with Gasteiger partial charge >= 0.3 is 0 Å². The third kappa shape index (κ3) is 3.04. The van der Waals surface area contributed by atoms with Gasteiger partial charge < -0.3 is 15.7 Å². The zero-order valence-electron chi connectivity index (χ0n) is 15.6. The van der Waals surface area contributed by atoms with E-state index in [9.17, 15) is 9.90 Å². The quantitative estimate of drug-likeness (QED) is 0.627. The van der Waals surface area contributed by atoms with E-state index in [-0.39, 0.29) is 5.91 Å². The van der Waals surface area contributed by atoms with Crippen molar-refractivity contribution in [2.45, 2.75) is 18.9 Å². The van der Waals surface area contributed by atoms with E-state index in [0.717, 1.165) is 16.8 Å². The summed E-state index contributed by atoms with van der Waals surface area (Å²) in [6.45, 7) is 2.45. The van der Waals surface area contributed by atoms with Gasteiger partial charge in [0.25, 0.3) is 5.91 Å². The van der Waals surface area contributed by atoms with Crippen molar-refractivity contribution < 1.29 is 9.90 Å². The number of pyridine rings is 1. The molecule has 1 aromatic carbocycles. The van der Waals surface area contributed by atoms with Crippen molar-refractivity contribution in [1.29, 1.82) is 0 Å². The van der Waals surface area contributed by atoms with E-state index in [1.165, 1.54) is 11.2 Å². The number of aliphatic hydroxyl groups is 1. The fourth-order valence-corrected chi connectivity index (χ4v) is 3.28. The van der Waals surface area contributed by atoms with Crippen LogP contribution in [0.15, 0.2) is 36.7 Å². The predicted molar refractivity (Wildman–Crippen MR) is 106 cm³/mol. The number of anilines is 1. The van der Waals surface area contributed by atoms with Crippen LogP contribution < -0.4 is 5.73 Å². The summed E-state index contributed by atoms with van der Waals surface area (Å²) in [5.74, 6) is 5.64. The summed E-state index contributed by atoms with van der Waals surface area (Å²) in [4.78, 5) is 26.4. The molecule has 140 valence electrons. The highest BCUT2D eigenvalue weighted by Crippen LogP contribution is 2.27. The molecule has 4 rings (SSSR count). The minimum absolute atomic E-state index is 0.305. The molecular formula is C21H19N5O2. The molecule has 7 heteroatoms. The largest absolute Gasteiger partial charge is 0.382 e. The number of rotatable bonds is 1. The second kappa shape index (κ2) is 6.59. The molecule has 0 spiro atoms. The molecule has 2 aromatic heterocycles. The van der Waals surface area contributed by atoms with Gasteiger partial charge in [0.1, 0.15) is 11.8 Å². The summed E-state index contributed by atoms with van der Waals surface area (Å²) < 4.78 is 0. The van der Waals surface area contributed by atoms with E-state index in [0.29, 0.717) is 35.4 Å². The van der Waals surface area contributed by atoms with E-state index in [2.05, 4.69) is 26.8 Å². The molecule has 0 bridgehead atoms. The van der Waals surface area contributed by atoms with Crippen LogP contribution in [0.25, 0.3) is 22.3 Å². The molecule has 28 heavy (non-hydrogen) atoms. The Morgan fingerprint density at radius 1 is 1.29 bits per heavy atom. The van der Waals surface area contributed by atoms with Gasteiger partial charge in [-0.15, -0.1) is 0 Å². The van der Waals surface area contributed by atoms with Crippen molar-refractivity contribution in [3.63, 3.8) is 0 Å². The Labute approximate surface area is 162 Å². The lowest BCUT2D eigenvalue weighted by Gasteiger charge is -2.13. The lowest BCUT2D eigenvalue weighted by molar-refractivity contribution is -0.137. The first-order valence-electron chi connectivity index (χ1n) is 8.87. The molecule has 3 heterocycles. The number of aryl methyl sites for hydroxylation is 1. The molecule has 1 atom stereocenters. The summed E-state index contributed by atoms with van der Waals surface area (Å²) in [5, 5.41) is 10.5. The Balaban J connectivity index is 1.74. The molecule has 0 unspecified atom stereocenters. The number of carbonyl (C=O) groups is 1. The SMILES string of the molecule is Cc1cc2ncnc(N)c2nc1-c1cccc(C#C[C@]2(O)CCN(C)C2=O)c1. The molecule has 3 aromatic rings. The molecule has 0 aliphatic carbocycles. The minimum Gasteiger partial charge on any atom is -0.382 e. The third-order valence-corrected chi connectivity index (χ3v) is 4.89. The number of carbonyl (C=O) groups excluding carboxylic acids is 1. The summed E-state index contributed by atoms with van der Waals surface area (Å²) in [5.41, 5.74) is 8.81. The van der Waals surface area contributed by atoms with Crippen LogP contribution >= 0.6 is 0 Å². The van der Waals surface area contributed by atoms with Crippen LogP contribution in [-0.2, 0) is 4.79 Å². The maximum absolute atomic E-state index is 12.1. The number of hydrogen-bond acceptors (Lipinski definition) is 6. The summed E-state index contributed by atoms with van der Waals surface area (Å²) in [6, 6.07) is 9.42. The van der Waals surface area contributed by atoms with E-state index in [1.54, 1.807) is 7.05 Å². The first kappa shape index (κ1) is 17.9. The molecule has 1 amide bonds. The molecule has 1 saturated heterocycles. The number of likely N-dealkylation sites (tertiary alicyclic amines) is 1. The Morgan fingerprint density at radius 3 is 2.86 bits per heavy atom. The van der Waals surface area contributed by atoms with Gasteiger partial charge in [-0.05, 0) is 30.7 Å². The average Bonchev–Trinajstić information content (AvgIpc) is 2.94. The van der Waals surface area contributed by atoms with E-state index < -0.39 is 5.60 Å². The van der Waals surface area contributed by atoms with Gasteiger partial charge in [0.15, 0.2) is 5.82 Å². The minimum atomic E-state index is -1.62. The van der Waals surface area contributed by atoms with Gasteiger partial charge in [0.2, 0.25) is 5.60 Å². The molecule has 7 nitrogen and oxygen atoms in total. The molecule has 0 saturated carbocycles. The number of benzene rings is 1. The monoisotopic (exact) mass is 373 g/mol. The van der Waals surface area contributed by atoms with E-state index >= 15 is 0 Å². The number of hydrogen-bond donors (Lipinski definition) is 2. The lowest BCUT2D eigenvalue weighted by atomic mass is 10.0. The topological polar surface area (TPSA) is 105 Å². The smallest absolute Gasteiger partial charge is 0.267 e. The van der Waals surface area contributed by atoms with Crippen molar-refractivity contribution in [2.75, 3.05) is 19.3 Å². The third-order valence-electron chi connectivity index (χ3n) is 4.89. The summed E-state index contributed by atoms with van der Waals surface area (Å²) in [7, 11) is 1.66. The van der Waals surface area contributed by atoms with Crippen molar-refractivity contribution in [3.8, 4) is 23.1 Å². The second-order valence-electron chi connectivity index (χ2n) is 6.95. The second-order valence-corrected chi connectivity index (χ2v) is 6.95. The van der Waals surface area contributed by atoms with Crippen molar-refractivity contribution in [3.05, 3.63) is 47.8 Å². The summed E-state index contributed by atoms with van der Waals surface area (Å²) >= 11 is 0. The molecule has 1 fully saturated rings. The van der Waals surface area contributed by atoms with Crippen molar-refractivity contribution in [1.82, 2.24) is 19.9 Å². The summed E-state index contributed by atoms with van der Waals surface area (Å²) in [6.07, 6.45) is 1.72. The Morgan fingerprint density at radius 2 is 2.11 bits per heavy atom. The van der Waals surface area contributed by atoms with Crippen LogP contribution in [0.2, 0.25) is 0 Å². The molecule has 3 N–H and O–H groups in total. The lowest BCUT2D eigenvalue weighted by Crippen LogP contribution is -2.37. The fraction of sp³-hybridized carbons (Fsp3) is 0.238. The first-order chi connectivity index (χ1) is 13.4. The number of nitrogens with zero attached hydrogens (tertiary/aromatic N) is 4. The zero-order chi connectivity index (χ0) is 19.9. The van der Waals surface area contributed by atoms with Crippen LogP contribution in [0.5, 0.6) is 0 Å². The zero-order valence-corrected chi connectivity index (χ0v) is 15.6. The number of amides is 1. The van der Waals surface area contributed by atoms with E-state index in [4.69, 9.17) is 5.73 Å². The number of likely N-dealkylation sites (N-methyl/N-ethyl adjacent to an activating group) is 1. The van der Waals surface area contributed by atoms with Crippen LogP contribution in [-0.4, -0.2) is 50.1 Å². The van der Waals surface area contributed by atoms with Crippen molar-refractivity contribution in [2.24, 2.45) is 0 Å². The van der Waals surface area contributed by atoms with Gasteiger partial charge in [-0.1, -0.05) is 24.0 Å². The van der Waals surface area contributed by atoms with Gasteiger partial charge in [-0.3, -0.25) is 4.79 Å². The predicted octanol–water partition coefficient (Wildman–Crippen LogP) is 1.53. The highest BCUT2D eigenvalue weighted by atomic mass is 16.3. The standard InChI is InChI=1S/C21H19N5O2/c1-13-10-16-18(19(22)24-12-23-16)25-17(13)15-5-3-4-14(11-15)6-7-21(28)8-9-26(2)20(21)27/h3-5,10-12,28H,8-9H2,1-2H3,(H2,22,23,24)/t21-/m0/s1. The number of nitrogens with two attached hydrogens (primary N) is 1. The van der Waals surface area contributed by atoms with Gasteiger partial charge in [-0.2, -0.15) is 0 Å². The highest BCUT2D eigenvalue weighted by Gasteiger charge is 2.42. The molecule has 0 radical (unpaired) electrons.